The van der Waals surface area contributed by atoms with Crippen LogP contribution in [0, 0.1) is 17.0 Å². The minimum absolute atomic E-state index is 0.0325. The van der Waals surface area contributed by atoms with E-state index in [1.165, 1.54) is 6.20 Å². The van der Waals surface area contributed by atoms with Crippen LogP contribution in [0.25, 0.3) is 0 Å². The predicted octanol–water partition coefficient (Wildman–Crippen LogP) is 0.556. The molecule has 1 atom stereocenters. The van der Waals surface area contributed by atoms with Crippen LogP contribution in [0.1, 0.15) is 18.7 Å². The third-order valence-corrected chi connectivity index (χ3v) is 3.34. The second-order valence-corrected chi connectivity index (χ2v) is 4.67. The molecule has 7 heteroatoms. The van der Waals surface area contributed by atoms with Gasteiger partial charge in [-0.1, -0.05) is 0 Å². The number of hydrogen-bond acceptors (Lipinski definition) is 5. The van der Waals surface area contributed by atoms with Crippen LogP contribution in [-0.4, -0.2) is 50.2 Å². The average molecular weight is 254 g/mol. The minimum atomic E-state index is -0.412. The lowest BCUT2D eigenvalue weighted by Gasteiger charge is -2.29. The SMILES string of the molecule is Cc1ncc([N+](=O)[O-])n1CCN1CCCC(O)C1. The summed E-state index contributed by atoms with van der Waals surface area (Å²) in [6.07, 6.45) is 2.85. The van der Waals surface area contributed by atoms with Gasteiger partial charge in [0, 0.05) is 20.0 Å². The van der Waals surface area contributed by atoms with Crippen LogP contribution in [0.15, 0.2) is 6.20 Å². The number of piperidine rings is 1. The molecule has 18 heavy (non-hydrogen) atoms. The smallest absolute Gasteiger partial charge is 0.342 e. The van der Waals surface area contributed by atoms with Crippen LogP contribution in [0.2, 0.25) is 0 Å². The molecule has 100 valence electrons. The first kappa shape index (κ1) is 13.0. The van der Waals surface area contributed by atoms with Gasteiger partial charge in [-0.05, 0) is 24.3 Å². The van der Waals surface area contributed by atoms with Crippen molar-refractivity contribution in [2.24, 2.45) is 0 Å². The fourth-order valence-electron chi connectivity index (χ4n) is 2.35. The van der Waals surface area contributed by atoms with E-state index in [0.717, 1.165) is 19.4 Å². The molecule has 1 aromatic heterocycles. The number of aryl methyl sites for hydroxylation is 1. The maximum absolute atomic E-state index is 10.8. The summed E-state index contributed by atoms with van der Waals surface area (Å²) in [6, 6.07) is 0. The van der Waals surface area contributed by atoms with Crippen LogP contribution >= 0.6 is 0 Å². The fourth-order valence-corrected chi connectivity index (χ4v) is 2.35. The van der Waals surface area contributed by atoms with Gasteiger partial charge in [0.15, 0.2) is 5.82 Å². The van der Waals surface area contributed by atoms with Gasteiger partial charge in [-0.15, -0.1) is 0 Å². The Morgan fingerprint density at radius 2 is 2.39 bits per heavy atom. The van der Waals surface area contributed by atoms with Crippen molar-refractivity contribution in [1.29, 1.82) is 0 Å². The van der Waals surface area contributed by atoms with Crippen LogP contribution in [0.5, 0.6) is 0 Å². The summed E-state index contributed by atoms with van der Waals surface area (Å²) in [6.45, 7) is 4.60. The van der Waals surface area contributed by atoms with Gasteiger partial charge in [0.1, 0.15) is 12.7 Å². The summed E-state index contributed by atoms with van der Waals surface area (Å²) >= 11 is 0. The molecule has 1 fully saturated rings. The molecule has 0 saturated carbocycles. The lowest BCUT2D eigenvalue weighted by molar-refractivity contribution is -0.392. The number of imidazole rings is 1. The van der Waals surface area contributed by atoms with Gasteiger partial charge in [-0.2, -0.15) is 0 Å². The Morgan fingerprint density at radius 3 is 3.06 bits per heavy atom. The van der Waals surface area contributed by atoms with Gasteiger partial charge in [0.2, 0.25) is 0 Å². The quantitative estimate of drug-likeness (QED) is 0.626. The van der Waals surface area contributed by atoms with E-state index in [-0.39, 0.29) is 11.9 Å². The van der Waals surface area contributed by atoms with Crippen molar-refractivity contribution in [3.05, 3.63) is 22.1 Å². The highest BCUT2D eigenvalue weighted by Gasteiger charge is 2.21. The maximum Gasteiger partial charge on any atom is 0.342 e. The van der Waals surface area contributed by atoms with Gasteiger partial charge in [0.25, 0.3) is 0 Å². The summed E-state index contributed by atoms with van der Waals surface area (Å²) in [4.78, 5) is 16.5. The monoisotopic (exact) mass is 254 g/mol. The largest absolute Gasteiger partial charge is 0.392 e. The lowest BCUT2D eigenvalue weighted by atomic mass is 10.1. The molecule has 0 radical (unpaired) electrons. The Bertz CT molecular complexity index is 432. The van der Waals surface area contributed by atoms with E-state index in [0.29, 0.717) is 25.5 Å². The number of nitro groups is 1. The van der Waals surface area contributed by atoms with Crippen molar-refractivity contribution >= 4 is 5.82 Å². The highest BCUT2D eigenvalue weighted by atomic mass is 16.6. The molecule has 1 aliphatic heterocycles. The number of rotatable bonds is 4. The molecule has 0 amide bonds. The van der Waals surface area contributed by atoms with E-state index in [1.54, 1.807) is 11.5 Å². The van der Waals surface area contributed by atoms with E-state index in [9.17, 15) is 15.2 Å². The number of aromatic nitrogens is 2. The van der Waals surface area contributed by atoms with Crippen molar-refractivity contribution in [2.45, 2.75) is 32.4 Å². The van der Waals surface area contributed by atoms with Gasteiger partial charge in [-0.3, -0.25) is 4.90 Å². The van der Waals surface area contributed by atoms with Crippen LogP contribution in [0.3, 0.4) is 0 Å². The zero-order valence-electron chi connectivity index (χ0n) is 10.4. The van der Waals surface area contributed by atoms with Gasteiger partial charge < -0.3 is 15.2 Å². The molecule has 1 saturated heterocycles. The normalized spacial score (nSPS) is 21.1. The summed E-state index contributed by atoms with van der Waals surface area (Å²) < 4.78 is 1.61. The number of likely N-dealkylation sites (tertiary alicyclic amines) is 1. The molecule has 1 aromatic rings. The Kier molecular flexibility index (Phi) is 3.93. The van der Waals surface area contributed by atoms with Gasteiger partial charge >= 0.3 is 5.82 Å². The zero-order chi connectivity index (χ0) is 13.1. The molecule has 1 aliphatic rings. The standard InChI is InChI=1S/C11H18N4O3/c1-9-12-7-11(15(17)18)14(9)6-5-13-4-2-3-10(16)8-13/h7,10,16H,2-6,8H2,1H3. The molecule has 0 spiro atoms. The van der Waals surface area contributed by atoms with E-state index in [2.05, 4.69) is 9.88 Å². The molecule has 2 rings (SSSR count). The van der Waals surface area contributed by atoms with Crippen molar-refractivity contribution in [1.82, 2.24) is 14.5 Å². The van der Waals surface area contributed by atoms with Crippen molar-refractivity contribution in [3.63, 3.8) is 0 Å². The first-order valence-electron chi connectivity index (χ1n) is 6.15. The zero-order valence-corrected chi connectivity index (χ0v) is 10.4. The van der Waals surface area contributed by atoms with E-state index in [4.69, 9.17) is 0 Å². The number of nitrogens with zero attached hydrogens (tertiary/aromatic N) is 4. The lowest BCUT2D eigenvalue weighted by Crippen LogP contribution is -2.39. The number of hydrogen-bond donors (Lipinski definition) is 1. The summed E-state index contributed by atoms with van der Waals surface area (Å²) in [5, 5.41) is 20.4. The summed E-state index contributed by atoms with van der Waals surface area (Å²) in [5.74, 6) is 0.685. The van der Waals surface area contributed by atoms with E-state index >= 15 is 0 Å². The highest BCUT2D eigenvalue weighted by molar-refractivity contribution is 5.18. The first-order valence-corrected chi connectivity index (χ1v) is 6.15. The van der Waals surface area contributed by atoms with Gasteiger partial charge in [-0.25, -0.2) is 9.55 Å². The number of aliphatic hydroxyl groups excluding tert-OH is 1. The summed E-state index contributed by atoms with van der Waals surface area (Å²) in [7, 11) is 0. The van der Waals surface area contributed by atoms with Crippen molar-refractivity contribution in [3.8, 4) is 0 Å². The Morgan fingerprint density at radius 1 is 1.61 bits per heavy atom. The number of β-amino-alcohol motifs (C(OH)–C–C–N with tert-alkyl or cyclic N) is 1. The fraction of sp³-hybridized carbons (Fsp3) is 0.727. The summed E-state index contributed by atoms with van der Waals surface area (Å²) in [5.41, 5.74) is 0. The molecular formula is C11H18N4O3. The first-order chi connectivity index (χ1) is 8.58. The van der Waals surface area contributed by atoms with E-state index in [1.807, 2.05) is 0 Å². The highest BCUT2D eigenvalue weighted by Crippen LogP contribution is 2.15. The second-order valence-electron chi connectivity index (χ2n) is 4.67. The van der Waals surface area contributed by atoms with Crippen LogP contribution in [-0.2, 0) is 6.54 Å². The third-order valence-electron chi connectivity index (χ3n) is 3.34. The van der Waals surface area contributed by atoms with Crippen LogP contribution in [0.4, 0.5) is 5.82 Å². The second kappa shape index (κ2) is 5.45. The Labute approximate surface area is 105 Å². The molecular weight excluding hydrogens is 236 g/mol. The number of aliphatic hydroxyl groups is 1. The predicted molar refractivity (Wildman–Crippen MR) is 65.3 cm³/mol. The maximum atomic E-state index is 10.8. The van der Waals surface area contributed by atoms with E-state index < -0.39 is 4.92 Å². The minimum Gasteiger partial charge on any atom is -0.392 e. The molecule has 0 aromatic carbocycles. The Hall–Kier alpha value is -1.47. The third kappa shape index (κ3) is 2.85. The molecule has 2 heterocycles. The molecule has 0 aliphatic carbocycles. The average Bonchev–Trinajstić information content (AvgIpc) is 2.68. The van der Waals surface area contributed by atoms with Gasteiger partial charge in [0.05, 0.1) is 6.10 Å². The van der Waals surface area contributed by atoms with Crippen molar-refractivity contribution in [2.75, 3.05) is 19.6 Å². The topological polar surface area (TPSA) is 84.4 Å². The van der Waals surface area contributed by atoms with Crippen molar-refractivity contribution < 1.29 is 10.0 Å². The van der Waals surface area contributed by atoms with Crippen LogP contribution < -0.4 is 0 Å². The molecule has 1 unspecified atom stereocenters. The molecule has 0 bridgehead atoms. The molecule has 7 nitrogen and oxygen atoms in total. The Balaban J connectivity index is 1.97. The molecule has 1 N–H and O–H groups in total.